The number of hydrogen-bond donors (Lipinski definition) is 8. The highest BCUT2D eigenvalue weighted by Gasteiger charge is 2.50. The Labute approximate surface area is 193 Å². The Morgan fingerprint density at radius 3 is 2.27 bits per heavy atom. The fourth-order valence-corrected chi connectivity index (χ4v) is 3.06. The Morgan fingerprint density at radius 1 is 1.27 bits per heavy atom. The van der Waals surface area contributed by atoms with Gasteiger partial charge in [0.2, 0.25) is 12.9 Å². The topological polar surface area (TPSA) is 212 Å². The Morgan fingerprint density at radius 2 is 1.88 bits per heavy atom. The molecule has 16 heteroatoms. The largest absolute Gasteiger partial charge is 0.475 e. The normalized spacial score (nSPS) is 17.7. The number of alkyl halides is 3. The number of hydrogen-bond acceptors (Lipinski definition) is 11. The summed E-state index contributed by atoms with van der Waals surface area (Å²) in [4.78, 5) is 15.8. The van der Waals surface area contributed by atoms with Crippen molar-refractivity contribution in [3.8, 4) is 5.75 Å². The van der Waals surface area contributed by atoms with E-state index in [2.05, 4.69) is 42.6 Å². The second-order valence-electron chi connectivity index (χ2n) is 6.57. The molecule has 2 heterocycles. The summed E-state index contributed by atoms with van der Waals surface area (Å²) in [5.74, 6) is 1.93. The molecule has 1 aromatic rings. The highest BCUT2D eigenvalue weighted by molar-refractivity contribution is 9.10. The van der Waals surface area contributed by atoms with Crippen molar-refractivity contribution >= 4 is 28.0 Å². The smallest absolute Gasteiger partial charge is 0.430 e. The van der Waals surface area contributed by atoms with E-state index in [0.29, 0.717) is 12.5 Å². The predicted molar refractivity (Wildman–Crippen MR) is 105 cm³/mol. The van der Waals surface area contributed by atoms with Crippen molar-refractivity contribution in [1.82, 2.24) is 5.32 Å². The third-order valence-electron chi connectivity index (χ3n) is 4.19. The minimum absolute atomic E-state index is 0.132. The minimum atomic E-state index is -5.04. The van der Waals surface area contributed by atoms with Crippen molar-refractivity contribution in [3.05, 3.63) is 33.3 Å². The number of nitrogens with one attached hydrogen (secondary N) is 1. The van der Waals surface area contributed by atoms with Crippen LogP contribution in [0.15, 0.2) is 22.2 Å². The number of fused-ring (bicyclic) bond motifs is 1. The van der Waals surface area contributed by atoms with Crippen molar-refractivity contribution in [2.45, 2.75) is 18.3 Å². The van der Waals surface area contributed by atoms with Crippen LogP contribution in [-0.4, -0.2) is 70.4 Å². The van der Waals surface area contributed by atoms with Crippen molar-refractivity contribution < 1.29 is 63.8 Å². The third kappa shape index (κ3) is 8.14. The summed E-state index contributed by atoms with van der Waals surface area (Å²) >= 11 is 2.99. The van der Waals surface area contributed by atoms with Crippen molar-refractivity contribution in [2.24, 2.45) is 11.8 Å². The van der Waals surface area contributed by atoms with Crippen LogP contribution in [0.2, 0.25) is 0 Å². The molecule has 11 N–H and O–H groups in total. The number of halogens is 4. The molecule has 2 aliphatic rings. The van der Waals surface area contributed by atoms with Gasteiger partial charge in [-0.15, -0.1) is 0 Å². The number of carbonyl (C=O) groups excluding carboxylic acids is 1. The van der Waals surface area contributed by atoms with Crippen molar-refractivity contribution in [1.29, 1.82) is 0 Å². The van der Waals surface area contributed by atoms with E-state index < -0.39 is 47.9 Å². The van der Waals surface area contributed by atoms with Crippen molar-refractivity contribution in [3.63, 3.8) is 0 Å². The molecule has 1 unspecified atom stereocenters. The maximum atomic E-state index is 13.2. The standard InChI is InChI=1S/C13H11BrF3NO7.C4H9NO.H4NO/c14-6-1-5-2-7(11(19)23-4-24-18)10(12(15,16)17)25-9(5)8(3-6)13(20,21)22;6-3-4-1-5-2-4;1-2/h1-3,10,20-22H,4,18H2;4-6H,1-3H2;2H,1H3/q;;+1. The molecule has 0 radical (unpaired) electrons. The molecule has 1 atom stereocenters. The van der Waals surface area contributed by atoms with E-state index in [-0.39, 0.29) is 10.0 Å². The van der Waals surface area contributed by atoms with E-state index in [1.807, 2.05) is 0 Å². The lowest BCUT2D eigenvalue weighted by Crippen LogP contribution is -2.43. The zero-order valence-electron chi connectivity index (χ0n) is 16.9. The number of nitrogens with two attached hydrogens (primary N) is 1. The molecule has 0 aromatic heterocycles. The van der Waals surface area contributed by atoms with E-state index in [1.165, 1.54) is 6.07 Å². The molecule has 0 aliphatic carbocycles. The van der Waals surface area contributed by atoms with E-state index in [0.717, 1.165) is 25.2 Å². The minimum Gasteiger partial charge on any atom is -0.475 e. The van der Waals surface area contributed by atoms with Gasteiger partial charge in [-0.2, -0.15) is 13.2 Å². The first-order chi connectivity index (χ1) is 15.4. The SMILES string of the molecule is NOCOC(=O)C1=Cc2cc(Br)cc(C(O)(O)O)c2OC1C(F)(F)F.OCC1CNC1.[NH3+]O. The molecule has 3 rings (SSSR count). The van der Waals surface area contributed by atoms with Crippen LogP contribution in [0.25, 0.3) is 6.08 Å². The fraction of sp³-hybridized carbons (Fsp3) is 0.471. The van der Waals surface area contributed by atoms with Gasteiger partial charge in [0, 0.05) is 35.7 Å². The van der Waals surface area contributed by atoms with E-state index in [9.17, 15) is 33.3 Å². The number of quaternary nitrogens is 1. The predicted octanol–water partition coefficient (Wildman–Crippen LogP) is -1.55. The summed E-state index contributed by atoms with van der Waals surface area (Å²) in [6.45, 7) is 1.59. The number of aliphatic hydroxyl groups excluding tert-OH is 1. The quantitative estimate of drug-likeness (QED) is 0.119. The van der Waals surface area contributed by atoms with Crippen LogP contribution in [0.5, 0.6) is 5.75 Å². The molecule has 0 saturated carbocycles. The summed E-state index contributed by atoms with van der Waals surface area (Å²) in [6, 6.07) is 2.19. The third-order valence-corrected chi connectivity index (χ3v) is 4.65. The Hall–Kier alpha value is -1.86. The van der Waals surface area contributed by atoms with Gasteiger partial charge in [-0.05, 0) is 18.2 Å². The van der Waals surface area contributed by atoms with E-state index in [4.69, 9.17) is 15.1 Å². The molecular formula is C17H24BrF3N3O9+. The number of esters is 1. The molecular weight excluding hydrogens is 527 g/mol. The maximum absolute atomic E-state index is 13.2. The van der Waals surface area contributed by atoms with Crippen LogP contribution in [-0.2, 0) is 20.3 Å². The highest BCUT2D eigenvalue weighted by atomic mass is 79.9. The summed E-state index contributed by atoms with van der Waals surface area (Å²) in [5.41, 5.74) is -1.80. The molecule has 188 valence electrons. The van der Waals surface area contributed by atoms with E-state index in [1.54, 1.807) is 0 Å². The summed E-state index contributed by atoms with van der Waals surface area (Å²) < 4.78 is 49.1. The van der Waals surface area contributed by atoms with E-state index >= 15 is 0 Å². The van der Waals surface area contributed by atoms with Crippen LogP contribution in [0.4, 0.5) is 13.2 Å². The summed E-state index contributed by atoms with van der Waals surface area (Å²) in [5, 5.41) is 46.2. The van der Waals surface area contributed by atoms with Gasteiger partial charge in [0.15, 0.2) is 0 Å². The Balaban J connectivity index is 0.000000578. The average molecular weight is 551 g/mol. The fourth-order valence-electron chi connectivity index (χ4n) is 2.58. The van der Waals surface area contributed by atoms with Crippen LogP contribution < -0.4 is 21.8 Å². The zero-order valence-corrected chi connectivity index (χ0v) is 18.5. The molecule has 0 bridgehead atoms. The van der Waals surface area contributed by atoms with Gasteiger partial charge in [-0.25, -0.2) is 21.8 Å². The van der Waals surface area contributed by atoms with Crippen molar-refractivity contribution in [2.75, 3.05) is 26.5 Å². The van der Waals surface area contributed by atoms with Crippen LogP contribution in [0, 0.1) is 5.92 Å². The van der Waals surface area contributed by atoms with Gasteiger partial charge in [0.25, 0.3) is 0 Å². The molecule has 0 amide bonds. The first kappa shape index (κ1) is 29.2. The average Bonchev–Trinajstić information content (AvgIpc) is 2.70. The summed E-state index contributed by atoms with van der Waals surface area (Å²) in [7, 11) is 0. The van der Waals surface area contributed by atoms with Gasteiger partial charge >= 0.3 is 18.1 Å². The Bertz CT molecular complexity index is 828. The van der Waals surface area contributed by atoms with Crippen LogP contribution >= 0.6 is 15.9 Å². The molecule has 1 aromatic carbocycles. The number of benzene rings is 1. The first-order valence-electron chi connectivity index (χ1n) is 8.96. The lowest BCUT2D eigenvalue weighted by atomic mass is 9.98. The number of aliphatic hydroxyl groups is 4. The lowest BCUT2D eigenvalue weighted by molar-refractivity contribution is -0.670. The molecule has 1 fully saturated rings. The van der Waals surface area contributed by atoms with Gasteiger partial charge in [0.1, 0.15) is 5.75 Å². The zero-order chi connectivity index (χ0) is 25.4. The molecule has 1 saturated heterocycles. The van der Waals surface area contributed by atoms with Gasteiger partial charge in [-0.1, -0.05) is 15.9 Å². The van der Waals surface area contributed by atoms with Gasteiger partial charge in [0.05, 0.1) is 11.1 Å². The monoisotopic (exact) mass is 550 g/mol. The van der Waals surface area contributed by atoms with Crippen LogP contribution in [0.3, 0.4) is 0 Å². The highest BCUT2D eigenvalue weighted by Crippen LogP contribution is 2.42. The van der Waals surface area contributed by atoms with Gasteiger partial charge < -0.3 is 35.2 Å². The molecule has 33 heavy (non-hydrogen) atoms. The Kier molecular flexibility index (Phi) is 11.1. The van der Waals surface area contributed by atoms with Crippen LogP contribution in [0.1, 0.15) is 11.1 Å². The maximum Gasteiger partial charge on any atom is 0.430 e. The molecule has 12 nitrogen and oxygen atoms in total. The number of ether oxygens (including phenoxy) is 2. The van der Waals surface area contributed by atoms with Gasteiger partial charge in [-0.3, -0.25) is 4.84 Å². The number of rotatable bonds is 5. The second-order valence-corrected chi connectivity index (χ2v) is 7.49. The second kappa shape index (κ2) is 12.6. The molecule has 2 aliphatic heterocycles. The number of carbonyl (C=O) groups is 1. The molecule has 0 spiro atoms. The summed E-state index contributed by atoms with van der Waals surface area (Å²) in [6.07, 6.45) is -7.03. The lowest BCUT2D eigenvalue weighted by Gasteiger charge is -2.30. The first-order valence-corrected chi connectivity index (χ1v) is 9.75.